The van der Waals surface area contributed by atoms with Gasteiger partial charge in [-0.3, -0.25) is 4.90 Å². The van der Waals surface area contributed by atoms with Crippen molar-refractivity contribution in [1.82, 2.24) is 4.90 Å². The zero-order chi connectivity index (χ0) is 11.8. The lowest BCUT2D eigenvalue weighted by molar-refractivity contribution is 0.213. The highest BCUT2D eigenvalue weighted by Gasteiger charge is 2.30. The van der Waals surface area contributed by atoms with E-state index in [4.69, 9.17) is 5.73 Å². The molecular weight excluding hydrogens is 284 g/mol. The predicted octanol–water partition coefficient (Wildman–Crippen LogP) is 3.38. The van der Waals surface area contributed by atoms with Gasteiger partial charge in [0.05, 0.1) is 3.79 Å². The number of hydrogen-bond acceptors (Lipinski definition) is 3. The first-order valence-corrected chi connectivity index (χ1v) is 7.35. The van der Waals surface area contributed by atoms with Crippen LogP contribution in [-0.4, -0.2) is 23.5 Å². The molecule has 0 aromatic carbocycles. The SMILES string of the molecule is CC(C)(N)CN1CCCC1c1ccc(Br)s1. The lowest BCUT2D eigenvalue weighted by Crippen LogP contribution is -2.44. The second kappa shape index (κ2) is 4.77. The Labute approximate surface area is 110 Å². The van der Waals surface area contributed by atoms with E-state index in [-0.39, 0.29) is 5.54 Å². The van der Waals surface area contributed by atoms with E-state index in [2.05, 4.69) is 46.8 Å². The Balaban J connectivity index is 2.09. The zero-order valence-electron chi connectivity index (χ0n) is 9.87. The highest BCUT2D eigenvalue weighted by Crippen LogP contribution is 2.37. The number of nitrogens with two attached hydrogens (primary N) is 1. The standard InChI is InChI=1S/C12H19BrN2S/c1-12(2,14)8-15-7-3-4-9(15)10-5-6-11(13)16-10/h5-6,9H,3-4,7-8,14H2,1-2H3. The van der Waals surface area contributed by atoms with Crippen molar-refractivity contribution >= 4 is 27.3 Å². The van der Waals surface area contributed by atoms with Crippen LogP contribution in [0.1, 0.15) is 37.6 Å². The van der Waals surface area contributed by atoms with Crippen molar-refractivity contribution in [3.05, 3.63) is 20.8 Å². The van der Waals surface area contributed by atoms with E-state index in [1.54, 1.807) is 0 Å². The van der Waals surface area contributed by atoms with Gasteiger partial charge in [0, 0.05) is 23.0 Å². The Hall–Kier alpha value is 0.1000. The second-order valence-corrected chi connectivity index (χ2v) is 7.75. The Bertz CT molecular complexity index is 356. The van der Waals surface area contributed by atoms with Crippen molar-refractivity contribution < 1.29 is 0 Å². The molecule has 2 N–H and O–H groups in total. The molecule has 1 atom stereocenters. The molecule has 2 rings (SSSR count). The monoisotopic (exact) mass is 302 g/mol. The third-order valence-corrected chi connectivity index (χ3v) is 4.62. The Kier molecular flexibility index (Phi) is 3.74. The molecule has 2 nitrogen and oxygen atoms in total. The molecular formula is C12H19BrN2S. The molecule has 0 bridgehead atoms. The molecule has 0 saturated carbocycles. The van der Waals surface area contributed by atoms with Gasteiger partial charge in [-0.05, 0) is 61.3 Å². The molecule has 0 spiro atoms. The minimum Gasteiger partial charge on any atom is -0.324 e. The fourth-order valence-electron chi connectivity index (χ4n) is 2.37. The minimum atomic E-state index is -0.100. The van der Waals surface area contributed by atoms with Crippen molar-refractivity contribution in [2.45, 2.75) is 38.3 Å². The summed E-state index contributed by atoms with van der Waals surface area (Å²) in [5.41, 5.74) is 6.01. The van der Waals surface area contributed by atoms with Gasteiger partial charge in [0.25, 0.3) is 0 Å². The van der Waals surface area contributed by atoms with Crippen LogP contribution in [0.2, 0.25) is 0 Å². The maximum atomic E-state index is 6.11. The normalized spacial score (nSPS) is 22.9. The quantitative estimate of drug-likeness (QED) is 0.927. The van der Waals surface area contributed by atoms with Gasteiger partial charge >= 0.3 is 0 Å². The summed E-state index contributed by atoms with van der Waals surface area (Å²) in [5.74, 6) is 0. The van der Waals surface area contributed by atoms with E-state index in [0.29, 0.717) is 6.04 Å². The summed E-state index contributed by atoms with van der Waals surface area (Å²) in [6, 6.07) is 4.96. The van der Waals surface area contributed by atoms with Gasteiger partial charge in [-0.1, -0.05) is 0 Å². The van der Waals surface area contributed by atoms with Crippen molar-refractivity contribution in [1.29, 1.82) is 0 Å². The molecule has 1 unspecified atom stereocenters. The first kappa shape index (κ1) is 12.6. The molecule has 16 heavy (non-hydrogen) atoms. The summed E-state index contributed by atoms with van der Waals surface area (Å²) in [6.07, 6.45) is 2.55. The number of likely N-dealkylation sites (tertiary alicyclic amines) is 1. The molecule has 1 aliphatic rings. The Morgan fingerprint density at radius 3 is 2.88 bits per heavy atom. The van der Waals surface area contributed by atoms with Crippen LogP contribution in [0.5, 0.6) is 0 Å². The highest BCUT2D eigenvalue weighted by atomic mass is 79.9. The first-order chi connectivity index (χ1) is 7.46. The third kappa shape index (κ3) is 3.06. The number of halogens is 1. The van der Waals surface area contributed by atoms with Gasteiger partial charge in [0.1, 0.15) is 0 Å². The maximum absolute atomic E-state index is 6.11. The molecule has 1 aromatic heterocycles. The predicted molar refractivity (Wildman–Crippen MR) is 73.8 cm³/mol. The summed E-state index contributed by atoms with van der Waals surface area (Å²) >= 11 is 5.38. The second-order valence-electron chi connectivity index (χ2n) is 5.26. The Morgan fingerprint density at radius 1 is 1.56 bits per heavy atom. The molecule has 4 heteroatoms. The minimum absolute atomic E-state index is 0.100. The van der Waals surface area contributed by atoms with Crippen LogP contribution in [0.4, 0.5) is 0 Å². The molecule has 1 aromatic rings. The molecule has 1 saturated heterocycles. The van der Waals surface area contributed by atoms with E-state index in [1.165, 1.54) is 28.0 Å². The molecule has 1 aliphatic heterocycles. The summed E-state index contributed by atoms with van der Waals surface area (Å²) in [7, 11) is 0. The van der Waals surface area contributed by atoms with Crippen LogP contribution < -0.4 is 5.73 Å². The van der Waals surface area contributed by atoms with E-state index >= 15 is 0 Å². The van der Waals surface area contributed by atoms with E-state index in [9.17, 15) is 0 Å². The topological polar surface area (TPSA) is 29.3 Å². The summed E-state index contributed by atoms with van der Waals surface area (Å²) in [5, 5.41) is 0. The Morgan fingerprint density at radius 2 is 2.31 bits per heavy atom. The average Bonchev–Trinajstić information content (AvgIpc) is 2.71. The fourth-order valence-corrected chi connectivity index (χ4v) is 3.96. The van der Waals surface area contributed by atoms with Crippen LogP contribution in [0, 0.1) is 0 Å². The molecule has 0 aliphatic carbocycles. The van der Waals surface area contributed by atoms with Crippen molar-refractivity contribution in [3.63, 3.8) is 0 Å². The van der Waals surface area contributed by atoms with Crippen molar-refractivity contribution in [2.75, 3.05) is 13.1 Å². The summed E-state index contributed by atoms with van der Waals surface area (Å²) < 4.78 is 1.22. The fraction of sp³-hybridized carbons (Fsp3) is 0.667. The number of nitrogens with zero attached hydrogens (tertiary/aromatic N) is 1. The lowest BCUT2D eigenvalue weighted by Gasteiger charge is -2.30. The van der Waals surface area contributed by atoms with Crippen LogP contribution in [0.3, 0.4) is 0 Å². The van der Waals surface area contributed by atoms with Gasteiger partial charge in [0.15, 0.2) is 0 Å². The zero-order valence-corrected chi connectivity index (χ0v) is 12.3. The number of hydrogen-bond donors (Lipinski definition) is 1. The molecule has 90 valence electrons. The molecule has 0 radical (unpaired) electrons. The third-order valence-electron chi connectivity index (χ3n) is 2.90. The van der Waals surface area contributed by atoms with Gasteiger partial charge in [0.2, 0.25) is 0 Å². The average molecular weight is 303 g/mol. The van der Waals surface area contributed by atoms with Crippen molar-refractivity contribution in [3.8, 4) is 0 Å². The van der Waals surface area contributed by atoms with Crippen LogP contribution in [0.15, 0.2) is 15.9 Å². The van der Waals surface area contributed by atoms with Gasteiger partial charge < -0.3 is 5.73 Å². The largest absolute Gasteiger partial charge is 0.324 e. The van der Waals surface area contributed by atoms with Gasteiger partial charge in [-0.15, -0.1) is 11.3 Å². The van der Waals surface area contributed by atoms with E-state index < -0.39 is 0 Å². The molecule has 2 heterocycles. The van der Waals surface area contributed by atoms with Crippen LogP contribution in [0.25, 0.3) is 0 Å². The molecule has 1 fully saturated rings. The summed E-state index contributed by atoms with van der Waals surface area (Å²) in [4.78, 5) is 3.99. The van der Waals surface area contributed by atoms with Gasteiger partial charge in [-0.25, -0.2) is 0 Å². The van der Waals surface area contributed by atoms with E-state index in [0.717, 1.165) is 6.54 Å². The van der Waals surface area contributed by atoms with Crippen LogP contribution >= 0.6 is 27.3 Å². The lowest BCUT2D eigenvalue weighted by atomic mass is 10.1. The maximum Gasteiger partial charge on any atom is 0.0701 e. The number of thiophene rings is 1. The number of rotatable bonds is 3. The smallest absolute Gasteiger partial charge is 0.0701 e. The van der Waals surface area contributed by atoms with Gasteiger partial charge in [-0.2, -0.15) is 0 Å². The van der Waals surface area contributed by atoms with E-state index in [1.807, 2.05) is 11.3 Å². The molecule has 0 amide bonds. The highest BCUT2D eigenvalue weighted by molar-refractivity contribution is 9.11. The van der Waals surface area contributed by atoms with Crippen LogP contribution in [-0.2, 0) is 0 Å². The van der Waals surface area contributed by atoms with Crippen molar-refractivity contribution in [2.24, 2.45) is 5.73 Å². The summed E-state index contributed by atoms with van der Waals surface area (Å²) in [6.45, 7) is 6.37. The first-order valence-electron chi connectivity index (χ1n) is 5.74.